The van der Waals surface area contributed by atoms with Gasteiger partial charge in [0.2, 0.25) is 5.91 Å². The molecule has 0 bridgehead atoms. The molecular formula is C23H23N3O2S. The van der Waals surface area contributed by atoms with Gasteiger partial charge in [-0.25, -0.2) is 0 Å². The van der Waals surface area contributed by atoms with Crippen LogP contribution in [0.4, 0.5) is 5.69 Å². The first kappa shape index (κ1) is 19.4. The van der Waals surface area contributed by atoms with Crippen molar-refractivity contribution in [3.8, 4) is 11.8 Å². The molecule has 4 rings (SSSR count). The summed E-state index contributed by atoms with van der Waals surface area (Å²) in [6.07, 6.45) is 1.30. The second kappa shape index (κ2) is 8.22. The lowest BCUT2D eigenvalue weighted by Crippen LogP contribution is -2.47. The zero-order chi connectivity index (χ0) is 20.4. The Morgan fingerprint density at radius 3 is 2.52 bits per heavy atom. The van der Waals surface area contributed by atoms with E-state index in [0.29, 0.717) is 24.5 Å². The SMILES string of the molecule is CCc1ccc(C2CC(=O)N3CN(c4ccc(OC)cc4)CSC3=C2C#N)cc1. The van der Waals surface area contributed by atoms with Gasteiger partial charge in [0.15, 0.2) is 0 Å². The molecule has 148 valence electrons. The van der Waals surface area contributed by atoms with E-state index >= 15 is 0 Å². The molecule has 0 spiro atoms. The molecule has 2 heterocycles. The third-order valence-corrected chi connectivity index (χ3v) is 6.68. The number of carbonyl (C=O) groups excluding carboxylic acids is 1. The minimum atomic E-state index is -0.162. The zero-order valence-corrected chi connectivity index (χ0v) is 17.4. The Labute approximate surface area is 175 Å². The van der Waals surface area contributed by atoms with E-state index in [1.165, 1.54) is 5.56 Å². The van der Waals surface area contributed by atoms with Crippen LogP contribution in [-0.4, -0.2) is 30.5 Å². The molecule has 0 saturated carbocycles. The topological polar surface area (TPSA) is 56.6 Å². The molecule has 29 heavy (non-hydrogen) atoms. The number of thioether (sulfide) groups is 1. The minimum Gasteiger partial charge on any atom is -0.497 e. The number of carbonyl (C=O) groups is 1. The number of fused-ring (bicyclic) bond motifs is 1. The summed E-state index contributed by atoms with van der Waals surface area (Å²) in [6, 6.07) is 18.5. The van der Waals surface area contributed by atoms with Crippen molar-refractivity contribution >= 4 is 23.4 Å². The highest BCUT2D eigenvalue weighted by Crippen LogP contribution is 2.43. The Kier molecular flexibility index (Phi) is 5.50. The molecule has 2 aliphatic rings. The van der Waals surface area contributed by atoms with Gasteiger partial charge in [-0.15, -0.1) is 0 Å². The summed E-state index contributed by atoms with van der Waals surface area (Å²) in [5, 5.41) is 10.7. The van der Waals surface area contributed by atoms with Gasteiger partial charge in [-0.05, 0) is 41.8 Å². The number of nitriles is 1. The number of ether oxygens (including phenoxy) is 1. The number of allylic oxidation sites excluding steroid dienone is 1. The molecule has 0 aromatic heterocycles. The summed E-state index contributed by atoms with van der Waals surface area (Å²) >= 11 is 1.56. The molecule has 0 N–H and O–H groups in total. The summed E-state index contributed by atoms with van der Waals surface area (Å²) in [7, 11) is 1.64. The molecular weight excluding hydrogens is 382 g/mol. The van der Waals surface area contributed by atoms with Gasteiger partial charge in [0.05, 0.1) is 36.3 Å². The zero-order valence-electron chi connectivity index (χ0n) is 16.6. The lowest BCUT2D eigenvalue weighted by Gasteiger charge is -2.42. The van der Waals surface area contributed by atoms with E-state index < -0.39 is 0 Å². The molecule has 0 radical (unpaired) electrons. The number of aryl methyl sites for hydroxylation is 1. The van der Waals surface area contributed by atoms with Crippen LogP contribution < -0.4 is 9.64 Å². The van der Waals surface area contributed by atoms with E-state index in [2.05, 4.69) is 42.2 Å². The van der Waals surface area contributed by atoms with Crippen molar-refractivity contribution in [1.82, 2.24) is 4.90 Å². The van der Waals surface area contributed by atoms with Gasteiger partial charge in [-0.3, -0.25) is 9.69 Å². The highest BCUT2D eigenvalue weighted by molar-refractivity contribution is 8.03. The fourth-order valence-electron chi connectivity index (χ4n) is 3.79. The van der Waals surface area contributed by atoms with Crippen molar-refractivity contribution in [1.29, 1.82) is 5.26 Å². The maximum Gasteiger partial charge on any atom is 0.229 e. The Morgan fingerprint density at radius 1 is 1.17 bits per heavy atom. The maximum absolute atomic E-state index is 13.0. The van der Waals surface area contributed by atoms with Gasteiger partial charge in [-0.2, -0.15) is 5.26 Å². The molecule has 5 nitrogen and oxygen atoms in total. The normalized spacial score (nSPS) is 19.1. The monoisotopic (exact) mass is 405 g/mol. The van der Waals surface area contributed by atoms with Crippen LogP contribution in [0.1, 0.15) is 30.4 Å². The minimum absolute atomic E-state index is 0.0641. The predicted molar refractivity (Wildman–Crippen MR) is 115 cm³/mol. The van der Waals surface area contributed by atoms with Crippen molar-refractivity contribution in [2.24, 2.45) is 0 Å². The number of anilines is 1. The van der Waals surface area contributed by atoms with Gasteiger partial charge < -0.3 is 9.64 Å². The lowest BCUT2D eigenvalue weighted by atomic mass is 9.86. The first-order valence-electron chi connectivity index (χ1n) is 9.69. The van der Waals surface area contributed by atoms with Crippen molar-refractivity contribution in [2.45, 2.75) is 25.7 Å². The van der Waals surface area contributed by atoms with Crippen LogP contribution in [0.5, 0.6) is 5.75 Å². The van der Waals surface area contributed by atoms with Crippen LogP contribution in [0, 0.1) is 11.3 Å². The first-order chi connectivity index (χ1) is 14.1. The second-order valence-electron chi connectivity index (χ2n) is 7.16. The number of nitrogens with zero attached hydrogens (tertiary/aromatic N) is 3. The molecule has 2 aliphatic heterocycles. The van der Waals surface area contributed by atoms with Crippen LogP contribution in [0.15, 0.2) is 59.1 Å². The van der Waals surface area contributed by atoms with Gasteiger partial charge >= 0.3 is 0 Å². The highest BCUT2D eigenvalue weighted by Gasteiger charge is 2.38. The summed E-state index contributed by atoms with van der Waals surface area (Å²) in [5.41, 5.74) is 4.03. The molecule has 2 aromatic carbocycles. The number of benzene rings is 2. The van der Waals surface area contributed by atoms with Crippen LogP contribution in [-0.2, 0) is 11.2 Å². The summed E-state index contributed by atoms with van der Waals surface area (Å²) in [4.78, 5) is 16.9. The third-order valence-electron chi connectivity index (χ3n) is 5.52. The first-order valence-corrected chi connectivity index (χ1v) is 10.7. The van der Waals surface area contributed by atoms with Crippen molar-refractivity contribution < 1.29 is 9.53 Å². The van der Waals surface area contributed by atoms with Crippen molar-refractivity contribution in [3.05, 3.63) is 70.3 Å². The van der Waals surface area contributed by atoms with Crippen LogP contribution in [0.3, 0.4) is 0 Å². The van der Waals surface area contributed by atoms with Crippen molar-refractivity contribution in [3.63, 3.8) is 0 Å². The summed E-state index contributed by atoms with van der Waals surface area (Å²) in [6.45, 7) is 2.58. The summed E-state index contributed by atoms with van der Waals surface area (Å²) < 4.78 is 5.22. The van der Waals surface area contributed by atoms with E-state index in [9.17, 15) is 10.1 Å². The standard InChI is InChI=1S/C23H23N3O2S/c1-3-16-4-6-17(7-5-16)20-12-22(27)26-14-25(15-29-23(26)21(20)13-24)18-8-10-19(28-2)11-9-18/h4-11,20H,3,12,14-15H2,1-2H3. The van der Waals surface area contributed by atoms with E-state index in [1.54, 1.807) is 23.8 Å². The van der Waals surface area contributed by atoms with E-state index in [0.717, 1.165) is 28.5 Å². The summed E-state index contributed by atoms with van der Waals surface area (Å²) in [5.74, 6) is 1.40. The molecule has 6 heteroatoms. The number of hydrogen-bond donors (Lipinski definition) is 0. The highest BCUT2D eigenvalue weighted by atomic mass is 32.2. The molecule has 1 unspecified atom stereocenters. The fourth-order valence-corrected chi connectivity index (χ4v) is 4.96. The van der Waals surface area contributed by atoms with Gasteiger partial charge in [0.1, 0.15) is 5.75 Å². The average molecular weight is 406 g/mol. The average Bonchev–Trinajstić information content (AvgIpc) is 2.79. The fraction of sp³-hybridized carbons (Fsp3) is 0.304. The number of hydrogen-bond acceptors (Lipinski definition) is 5. The quantitative estimate of drug-likeness (QED) is 0.751. The Balaban J connectivity index is 1.61. The van der Waals surface area contributed by atoms with Crippen molar-refractivity contribution in [2.75, 3.05) is 24.6 Å². The Hall–Kier alpha value is -2.91. The second-order valence-corrected chi connectivity index (χ2v) is 8.09. The smallest absolute Gasteiger partial charge is 0.229 e. The maximum atomic E-state index is 13.0. The van der Waals surface area contributed by atoms with Gasteiger partial charge in [-0.1, -0.05) is 43.0 Å². The Bertz CT molecular complexity index is 977. The molecule has 1 atom stereocenters. The largest absolute Gasteiger partial charge is 0.497 e. The Morgan fingerprint density at radius 2 is 1.90 bits per heavy atom. The number of rotatable bonds is 4. The van der Waals surface area contributed by atoms with Gasteiger partial charge in [0, 0.05) is 18.0 Å². The molecule has 0 aliphatic carbocycles. The van der Waals surface area contributed by atoms with E-state index in [4.69, 9.17) is 4.74 Å². The van der Waals surface area contributed by atoms with Crippen LogP contribution >= 0.6 is 11.8 Å². The molecule has 2 aromatic rings. The third kappa shape index (κ3) is 3.70. The van der Waals surface area contributed by atoms with E-state index in [-0.39, 0.29) is 11.8 Å². The number of amides is 1. The lowest BCUT2D eigenvalue weighted by molar-refractivity contribution is -0.129. The van der Waals surface area contributed by atoms with Crippen LogP contribution in [0.2, 0.25) is 0 Å². The molecule has 1 amide bonds. The molecule has 1 saturated heterocycles. The van der Waals surface area contributed by atoms with Gasteiger partial charge in [0.25, 0.3) is 0 Å². The predicted octanol–water partition coefficient (Wildman–Crippen LogP) is 4.48. The van der Waals surface area contributed by atoms with Crippen LogP contribution in [0.25, 0.3) is 0 Å². The number of methoxy groups -OCH3 is 1. The van der Waals surface area contributed by atoms with E-state index in [1.807, 2.05) is 24.3 Å². The molecule has 1 fully saturated rings.